The molecule has 1 aromatic rings. The van der Waals surface area contributed by atoms with Crippen molar-refractivity contribution in [3.8, 4) is 0 Å². The molecule has 0 spiro atoms. The van der Waals surface area contributed by atoms with Crippen molar-refractivity contribution in [2.75, 3.05) is 0 Å². The number of carbonyl (C=O) groups excluding carboxylic acids is 1. The number of nitrogens with one attached hydrogen (secondary N) is 1. The number of carbonyl (C=O) groups is 2. The van der Waals surface area contributed by atoms with E-state index in [1.54, 1.807) is 27.1 Å². The lowest BCUT2D eigenvalue weighted by molar-refractivity contribution is -0.139. The molecule has 0 aliphatic rings. The number of hydrogen-bond acceptors (Lipinski definition) is 3. The van der Waals surface area contributed by atoms with Gasteiger partial charge in [0.05, 0.1) is 11.3 Å². The lowest BCUT2D eigenvalue weighted by atomic mass is 10.2. The molecule has 1 aromatic heterocycles. The molecule has 2 N–H and O–H groups in total. The molecule has 0 unspecified atom stereocenters. The second-order valence-corrected chi connectivity index (χ2v) is 3.57. The van der Waals surface area contributed by atoms with Gasteiger partial charge < -0.3 is 10.4 Å². The first kappa shape index (κ1) is 12.2. The molecule has 0 saturated carbocycles. The van der Waals surface area contributed by atoms with Crippen molar-refractivity contribution >= 4 is 11.9 Å². The predicted molar refractivity (Wildman–Crippen MR) is 57.1 cm³/mol. The van der Waals surface area contributed by atoms with Crippen LogP contribution in [0.2, 0.25) is 0 Å². The SMILES string of the molecule is CC[C@@H](NC(=O)c1cn(C)nc1C)C(=O)O. The van der Waals surface area contributed by atoms with E-state index in [4.69, 9.17) is 5.11 Å². The number of carboxylic acid groups (broad SMARTS) is 1. The van der Waals surface area contributed by atoms with Crippen LogP contribution in [0.4, 0.5) is 0 Å². The maximum atomic E-state index is 11.7. The fourth-order valence-electron chi connectivity index (χ4n) is 1.40. The quantitative estimate of drug-likeness (QED) is 0.773. The molecule has 0 radical (unpaired) electrons. The lowest BCUT2D eigenvalue weighted by Crippen LogP contribution is -2.40. The van der Waals surface area contributed by atoms with Crippen LogP contribution in [0.1, 0.15) is 29.4 Å². The highest BCUT2D eigenvalue weighted by molar-refractivity contribution is 5.97. The highest BCUT2D eigenvalue weighted by Crippen LogP contribution is 2.05. The summed E-state index contributed by atoms with van der Waals surface area (Å²) in [4.78, 5) is 22.5. The van der Waals surface area contributed by atoms with Crippen molar-refractivity contribution < 1.29 is 14.7 Å². The van der Waals surface area contributed by atoms with Gasteiger partial charge in [-0.25, -0.2) is 4.79 Å². The Labute approximate surface area is 93.3 Å². The number of carboxylic acids is 1. The van der Waals surface area contributed by atoms with E-state index in [-0.39, 0.29) is 0 Å². The zero-order valence-corrected chi connectivity index (χ0v) is 9.52. The van der Waals surface area contributed by atoms with Crippen LogP contribution < -0.4 is 5.32 Å². The molecule has 0 bridgehead atoms. The van der Waals surface area contributed by atoms with E-state index in [0.29, 0.717) is 17.7 Å². The summed E-state index contributed by atoms with van der Waals surface area (Å²) in [6.45, 7) is 3.41. The highest BCUT2D eigenvalue weighted by atomic mass is 16.4. The minimum absolute atomic E-state index is 0.348. The van der Waals surface area contributed by atoms with Crippen LogP contribution in [-0.4, -0.2) is 32.8 Å². The lowest BCUT2D eigenvalue weighted by Gasteiger charge is -2.11. The number of hydrogen-bond donors (Lipinski definition) is 2. The van der Waals surface area contributed by atoms with Gasteiger partial charge in [-0.3, -0.25) is 9.48 Å². The van der Waals surface area contributed by atoms with Gasteiger partial charge in [-0.1, -0.05) is 6.92 Å². The molecule has 1 rings (SSSR count). The summed E-state index contributed by atoms with van der Waals surface area (Å²) in [6.07, 6.45) is 1.92. The van der Waals surface area contributed by atoms with E-state index in [0.717, 1.165) is 0 Å². The van der Waals surface area contributed by atoms with Crippen LogP contribution in [-0.2, 0) is 11.8 Å². The molecule has 1 heterocycles. The normalized spacial score (nSPS) is 12.2. The van der Waals surface area contributed by atoms with Crippen molar-refractivity contribution in [2.24, 2.45) is 7.05 Å². The minimum Gasteiger partial charge on any atom is -0.480 e. The van der Waals surface area contributed by atoms with Crippen molar-refractivity contribution in [2.45, 2.75) is 26.3 Å². The first-order chi connectivity index (χ1) is 7.45. The Hall–Kier alpha value is -1.85. The summed E-state index contributed by atoms with van der Waals surface area (Å²) in [6, 6.07) is -0.855. The van der Waals surface area contributed by atoms with E-state index in [2.05, 4.69) is 10.4 Å². The molecule has 0 saturated heterocycles. The summed E-state index contributed by atoms with van der Waals surface area (Å²) in [5, 5.41) is 15.3. The van der Waals surface area contributed by atoms with Crippen LogP contribution in [0.3, 0.4) is 0 Å². The largest absolute Gasteiger partial charge is 0.480 e. The molecule has 0 aromatic carbocycles. The fraction of sp³-hybridized carbons (Fsp3) is 0.500. The van der Waals surface area contributed by atoms with Gasteiger partial charge in [-0.05, 0) is 13.3 Å². The first-order valence-electron chi connectivity index (χ1n) is 4.99. The fourth-order valence-corrected chi connectivity index (χ4v) is 1.40. The Bertz CT molecular complexity index is 411. The van der Waals surface area contributed by atoms with E-state index < -0.39 is 17.9 Å². The summed E-state index contributed by atoms with van der Waals surface area (Å²) in [7, 11) is 1.71. The van der Waals surface area contributed by atoms with E-state index in [1.165, 1.54) is 4.68 Å². The predicted octanol–water partition coefficient (Wildman–Crippen LogP) is 0.322. The monoisotopic (exact) mass is 225 g/mol. The topological polar surface area (TPSA) is 84.2 Å². The average Bonchev–Trinajstić information content (AvgIpc) is 2.53. The van der Waals surface area contributed by atoms with Gasteiger partial charge >= 0.3 is 5.97 Å². The standard InChI is InChI=1S/C10H15N3O3/c1-4-8(10(15)16)11-9(14)7-5-13(3)12-6(7)2/h5,8H,4H2,1-3H3,(H,11,14)(H,15,16)/t8-/m1/s1. The smallest absolute Gasteiger partial charge is 0.326 e. The zero-order chi connectivity index (χ0) is 12.3. The van der Waals surface area contributed by atoms with Crippen LogP contribution in [0.25, 0.3) is 0 Å². The first-order valence-corrected chi connectivity index (χ1v) is 4.99. The molecule has 0 aliphatic carbocycles. The van der Waals surface area contributed by atoms with E-state index in [1.807, 2.05) is 0 Å². The van der Waals surface area contributed by atoms with Gasteiger partial charge in [0.2, 0.25) is 0 Å². The molecule has 0 aliphatic heterocycles. The summed E-state index contributed by atoms with van der Waals surface area (Å²) in [5.41, 5.74) is 0.988. The Morgan fingerprint density at radius 1 is 1.62 bits per heavy atom. The second kappa shape index (κ2) is 4.78. The number of nitrogens with zero attached hydrogens (tertiary/aromatic N) is 2. The third-order valence-electron chi connectivity index (χ3n) is 2.27. The zero-order valence-electron chi connectivity index (χ0n) is 9.52. The van der Waals surface area contributed by atoms with Crippen LogP contribution >= 0.6 is 0 Å². The molecule has 1 atom stereocenters. The van der Waals surface area contributed by atoms with Crippen LogP contribution in [0.5, 0.6) is 0 Å². The summed E-state index contributed by atoms with van der Waals surface area (Å²) >= 11 is 0. The van der Waals surface area contributed by atoms with E-state index in [9.17, 15) is 9.59 Å². The van der Waals surface area contributed by atoms with Gasteiger partial charge in [0.1, 0.15) is 6.04 Å². The molecule has 88 valence electrons. The third-order valence-corrected chi connectivity index (χ3v) is 2.27. The number of aliphatic carboxylic acids is 1. The molecule has 0 fully saturated rings. The van der Waals surface area contributed by atoms with Gasteiger partial charge in [0.25, 0.3) is 5.91 Å². The molecule has 6 nitrogen and oxygen atoms in total. The Morgan fingerprint density at radius 2 is 2.25 bits per heavy atom. The highest BCUT2D eigenvalue weighted by Gasteiger charge is 2.20. The number of aryl methyl sites for hydroxylation is 2. The maximum Gasteiger partial charge on any atom is 0.326 e. The van der Waals surface area contributed by atoms with Crippen molar-refractivity contribution in [1.29, 1.82) is 0 Å². The summed E-state index contributed by atoms with van der Waals surface area (Å²) < 4.78 is 1.52. The minimum atomic E-state index is -1.03. The third kappa shape index (κ3) is 2.59. The van der Waals surface area contributed by atoms with Gasteiger partial charge in [0, 0.05) is 13.2 Å². The second-order valence-electron chi connectivity index (χ2n) is 3.57. The molecule has 1 amide bonds. The Kier molecular flexibility index (Phi) is 3.65. The molecular weight excluding hydrogens is 210 g/mol. The van der Waals surface area contributed by atoms with Crippen molar-refractivity contribution in [3.05, 3.63) is 17.5 Å². The van der Waals surface area contributed by atoms with E-state index >= 15 is 0 Å². The maximum absolute atomic E-state index is 11.7. The number of amides is 1. The summed E-state index contributed by atoms with van der Waals surface area (Å²) in [5.74, 6) is -1.43. The van der Waals surface area contributed by atoms with Gasteiger partial charge in [-0.2, -0.15) is 5.10 Å². The van der Waals surface area contributed by atoms with Gasteiger partial charge in [-0.15, -0.1) is 0 Å². The molecule has 16 heavy (non-hydrogen) atoms. The van der Waals surface area contributed by atoms with Crippen LogP contribution in [0, 0.1) is 6.92 Å². The van der Waals surface area contributed by atoms with Crippen molar-refractivity contribution in [1.82, 2.24) is 15.1 Å². The Morgan fingerprint density at radius 3 is 2.62 bits per heavy atom. The number of rotatable bonds is 4. The van der Waals surface area contributed by atoms with Crippen LogP contribution in [0.15, 0.2) is 6.20 Å². The van der Waals surface area contributed by atoms with Crippen molar-refractivity contribution in [3.63, 3.8) is 0 Å². The molecular formula is C10H15N3O3. The van der Waals surface area contributed by atoms with Gasteiger partial charge in [0.15, 0.2) is 0 Å². The Balaban J connectivity index is 2.79. The average molecular weight is 225 g/mol. The molecule has 6 heteroatoms. The number of aromatic nitrogens is 2.